The Hall–Kier alpha value is -3.96. The standard InChI is InChI=1S/C25H20ClF2N3O3/c1-14-10-17(15(2)31(14)20-7-4-6-19(26)12-20)11-18(13-29)25(33)34-16(3)24(32)30-23-21(27)8-5-9-22(23)28/h4-12,16H,1-3H3,(H,30,32)/b18-11+. The number of ether oxygens (including phenoxy) is 1. The van der Waals surface area contributed by atoms with Crippen LogP contribution in [0.2, 0.25) is 5.02 Å². The zero-order valence-corrected chi connectivity index (χ0v) is 19.3. The summed E-state index contributed by atoms with van der Waals surface area (Å²) in [6.45, 7) is 4.91. The molecular weight excluding hydrogens is 464 g/mol. The van der Waals surface area contributed by atoms with Gasteiger partial charge in [-0.15, -0.1) is 0 Å². The lowest BCUT2D eigenvalue weighted by Gasteiger charge is -2.14. The van der Waals surface area contributed by atoms with E-state index in [1.54, 1.807) is 24.3 Å². The van der Waals surface area contributed by atoms with Crippen LogP contribution in [0.25, 0.3) is 11.8 Å². The third-order valence-corrected chi connectivity index (χ3v) is 5.28. The maximum Gasteiger partial charge on any atom is 0.349 e. The van der Waals surface area contributed by atoms with Gasteiger partial charge in [0.15, 0.2) is 6.10 Å². The number of anilines is 1. The zero-order chi connectivity index (χ0) is 25.0. The molecule has 0 aliphatic carbocycles. The van der Waals surface area contributed by atoms with Gasteiger partial charge < -0.3 is 14.6 Å². The molecule has 2 aromatic carbocycles. The molecule has 1 aromatic heterocycles. The molecule has 0 spiro atoms. The van der Waals surface area contributed by atoms with E-state index in [0.29, 0.717) is 10.6 Å². The van der Waals surface area contributed by atoms with E-state index in [-0.39, 0.29) is 5.57 Å². The second-order valence-electron chi connectivity index (χ2n) is 7.45. The smallest absolute Gasteiger partial charge is 0.349 e. The highest BCUT2D eigenvalue weighted by atomic mass is 35.5. The Kier molecular flexibility index (Phi) is 7.49. The van der Waals surface area contributed by atoms with E-state index in [0.717, 1.165) is 35.3 Å². The Morgan fingerprint density at radius 1 is 1.15 bits per heavy atom. The predicted molar refractivity (Wildman–Crippen MR) is 124 cm³/mol. The Morgan fingerprint density at radius 2 is 1.79 bits per heavy atom. The van der Waals surface area contributed by atoms with Crippen LogP contribution in [0.4, 0.5) is 14.5 Å². The van der Waals surface area contributed by atoms with E-state index < -0.39 is 35.3 Å². The topological polar surface area (TPSA) is 84.1 Å². The fourth-order valence-corrected chi connectivity index (χ4v) is 3.54. The Balaban J connectivity index is 1.79. The first-order chi connectivity index (χ1) is 16.1. The molecule has 0 radical (unpaired) electrons. The monoisotopic (exact) mass is 483 g/mol. The normalized spacial score (nSPS) is 12.1. The van der Waals surface area contributed by atoms with Gasteiger partial charge in [0.25, 0.3) is 5.91 Å². The van der Waals surface area contributed by atoms with Gasteiger partial charge in [-0.1, -0.05) is 23.7 Å². The van der Waals surface area contributed by atoms with E-state index in [1.165, 1.54) is 13.0 Å². The highest BCUT2D eigenvalue weighted by Gasteiger charge is 2.23. The number of carbonyl (C=O) groups is 2. The fraction of sp³-hybridized carbons (Fsp3) is 0.160. The molecule has 0 aliphatic rings. The molecule has 174 valence electrons. The lowest BCUT2D eigenvalue weighted by molar-refractivity contribution is -0.148. The van der Waals surface area contributed by atoms with Gasteiger partial charge >= 0.3 is 5.97 Å². The van der Waals surface area contributed by atoms with Gasteiger partial charge in [0, 0.05) is 22.1 Å². The maximum atomic E-state index is 13.8. The summed E-state index contributed by atoms with van der Waals surface area (Å²) in [4.78, 5) is 24.8. The molecule has 0 saturated heterocycles. The first-order valence-corrected chi connectivity index (χ1v) is 10.5. The number of carbonyl (C=O) groups excluding carboxylic acids is 2. The summed E-state index contributed by atoms with van der Waals surface area (Å²) in [5.74, 6) is -3.94. The van der Waals surface area contributed by atoms with Crippen molar-refractivity contribution in [2.75, 3.05) is 5.32 Å². The molecular formula is C25H20ClF2N3O3. The van der Waals surface area contributed by atoms with Crippen LogP contribution in [0, 0.1) is 36.8 Å². The first-order valence-electron chi connectivity index (χ1n) is 10.1. The van der Waals surface area contributed by atoms with Crippen molar-refractivity contribution in [3.05, 3.63) is 87.7 Å². The van der Waals surface area contributed by atoms with Crippen LogP contribution < -0.4 is 5.32 Å². The Labute approximate surface area is 200 Å². The van der Waals surface area contributed by atoms with Gasteiger partial charge in [-0.25, -0.2) is 13.6 Å². The first kappa shape index (κ1) is 24.7. The van der Waals surface area contributed by atoms with E-state index >= 15 is 0 Å². The zero-order valence-electron chi connectivity index (χ0n) is 18.5. The minimum atomic E-state index is -1.41. The molecule has 1 heterocycles. The average Bonchev–Trinajstić information content (AvgIpc) is 3.07. The van der Waals surface area contributed by atoms with Crippen molar-refractivity contribution >= 4 is 35.2 Å². The molecule has 3 rings (SSSR count). The van der Waals surface area contributed by atoms with E-state index in [9.17, 15) is 23.6 Å². The molecule has 1 unspecified atom stereocenters. The van der Waals surface area contributed by atoms with Gasteiger partial charge in [-0.2, -0.15) is 5.26 Å². The number of nitriles is 1. The number of esters is 1. The summed E-state index contributed by atoms with van der Waals surface area (Å²) < 4.78 is 34.5. The van der Waals surface area contributed by atoms with Crippen molar-refractivity contribution in [2.45, 2.75) is 26.9 Å². The Morgan fingerprint density at radius 3 is 2.41 bits per heavy atom. The van der Waals surface area contributed by atoms with Gasteiger partial charge in [0.2, 0.25) is 0 Å². The number of benzene rings is 2. The SMILES string of the molecule is Cc1cc(/C=C(\C#N)C(=O)OC(C)C(=O)Nc2c(F)cccc2F)c(C)n1-c1cccc(Cl)c1. The minimum Gasteiger partial charge on any atom is -0.448 e. The molecule has 6 nitrogen and oxygen atoms in total. The highest BCUT2D eigenvalue weighted by molar-refractivity contribution is 6.30. The number of hydrogen-bond donors (Lipinski definition) is 1. The predicted octanol–water partition coefficient (Wildman–Crippen LogP) is 5.50. The lowest BCUT2D eigenvalue weighted by Crippen LogP contribution is -2.31. The van der Waals surface area contributed by atoms with E-state index in [2.05, 4.69) is 5.32 Å². The molecule has 1 atom stereocenters. The van der Waals surface area contributed by atoms with Crippen LogP contribution in [0.5, 0.6) is 0 Å². The van der Waals surface area contributed by atoms with E-state index in [1.807, 2.05) is 30.5 Å². The molecule has 9 heteroatoms. The van der Waals surface area contributed by atoms with Crippen molar-refractivity contribution < 1.29 is 23.1 Å². The van der Waals surface area contributed by atoms with Crippen molar-refractivity contribution in [1.82, 2.24) is 4.57 Å². The van der Waals surface area contributed by atoms with E-state index in [4.69, 9.17) is 16.3 Å². The molecule has 1 N–H and O–H groups in total. The number of aromatic nitrogens is 1. The number of para-hydroxylation sites is 1. The number of amides is 1. The fourth-order valence-electron chi connectivity index (χ4n) is 3.36. The van der Waals surface area contributed by atoms with Gasteiger partial charge in [0.05, 0.1) is 0 Å². The van der Waals surface area contributed by atoms with Crippen LogP contribution in [0.15, 0.2) is 54.1 Å². The summed E-state index contributed by atoms with van der Waals surface area (Å²) >= 11 is 6.09. The largest absolute Gasteiger partial charge is 0.448 e. The van der Waals surface area contributed by atoms with Gasteiger partial charge in [-0.05, 0) is 68.8 Å². The maximum absolute atomic E-state index is 13.8. The molecule has 1 amide bonds. The summed E-state index contributed by atoms with van der Waals surface area (Å²) in [5, 5.41) is 12.1. The molecule has 0 fully saturated rings. The number of rotatable bonds is 6. The second-order valence-corrected chi connectivity index (χ2v) is 7.88. The summed E-state index contributed by atoms with van der Waals surface area (Å²) in [6, 6.07) is 13.9. The third kappa shape index (κ3) is 5.33. The molecule has 0 aliphatic heterocycles. The number of nitrogens with zero attached hydrogens (tertiary/aromatic N) is 2. The molecule has 3 aromatic rings. The van der Waals surface area contributed by atoms with Crippen molar-refractivity contribution in [3.63, 3.8) is 0 Å². The summed E-state index contributed by atoms with van der Waals surface area (Å²) in [6.07, 6.45) is -0.0606. The van der Waals surface area contributed by atoms with Crippen molar-refractivity contribution in [1.29, 1.82) is 5.26 Å². The molecule has 0 bridgehead atoms. The van der Waals surface area contributed by atoms with Crippen LogP contribution in [0.1, 0.15) is 23.9 Å². The van der Waals surface area contributed by atoms with Crippen LogP contribution in [-0.4, -0.2) is 22.5 Å². The van der Waals surface area contributed by atoms with Gasteiger partial charge in [-0.3, -0.25) is 4.79 Å². The minimum absolute atomic E-state index is 0.344. The summed E-state index contributed by atoms with van der Waals surface area (Å²) in [7, 11) is 0. The molecule has 34 heavy (non-hydrogen) atoms. The number of nitrogens with one attached hydrogen (secondary N) is 1. The number of hydrogen-bond acceptors (Lipinski definition) is 4. The second kappa shape index (κ2) is 10.3. The van der Waals surface area contributed by atoms with Crippen LogP contribution >= 0.6 is 11.6 Å². The lowest BCUT2D eigenvalue weighted by atomic mass is 10.1. The average molecular weight is 484 g/mol. The van der Waals surface area contributed by atoms with Crippen LogP contribution in [-0.2, 0) is 14.3 Å². The number of halogens is 3. The van der Waals surface area contributed by atoms with Crippen LogP contribution in [0.3, 0.4) is 0 Å². The van der Waals surface area contributed by atoms with Crippen molar-refractivity contribution in [2.24, 2.45) is 0 Å². The number of aryl methyl sites for hydroxylation is 1. The Bertz CT molecular complexity index is 1320. The van der Waals surface area contributed by atoms with Crippen molar-refractivity contribution in [3.8, 4) is 11.8 Å². The quantitative estimate of drug-likeness (QED) is 0.285. The summed E-state index contributed by atoms with van der Waals surface area (Å²) in [5.41, 5.74) is 2.01. The molecule has 0 saturated carbocycles. The highest BCUT2D eigenvalue weighted by Crippen LogP contribution is 2.25. The third-order valence-electron chi connectivity index (χ3n) is 5.04. The van der Waals surface area contributed by atoms with Gasteiger partial charge in [0.1, 0.15) is 29.0 Å².